The number of methoxy groups -OCH3 is 1. The largest absolute Gasteiger partial charge is 0.457 e. The maximum absolute atomic E-state index is 12.1. The second-order valence-electron chi connectivity index (χ2n) is 5.89. The van der Waals surface area contributed by atoms with Crippen molar-refractivity contribution in [3.05, 3.63) is 0 Å². The van der Waals surface area contributed by atoms with Crippen molar-refractivity contribution in [2.24, 2.45) is 5.41 Å². The summed E-state index contributed by atoms with van der Waals surface area (Å²) >= 11 is 0. The van der Waals surface area contributed by atoms with Crippen molar-refractivity contribution in [1.82, 2.24) is 0 Å². The van der Waals surface area contributed by atoms with E-state index in [9.17, 15) is 4.79 Å². The molecule has 2 heterocycles. The van der Waals surface area contributed by atoms with Crippen LogP contribution in [0, 0.1) is 5.41 Å². The molecule has 2 fully saturated rings. The van der Waals surface area contributed by atoms with Gasteiger partial charge in [-0.15, -0.1) is 0 Å². The van der Waals surface area contributed by atoms with Crippen LogP contribution >= 0.6 is 0 Å². The van der Waals surface area contributed by atoms with Gasteiger partial charge in [0.15, 0.2) is 6.10 Å². The highest BCUT2D eigenvalue weighted by atomic mass is 16.7. The molecule has 4 atom stereocenters. The molecule has 6 heteroatoms. The first-order valence-corrected chi connectivity index (χ1v) is 7.04. The number of carbonyl (C=O) groups is 1. The third-order valence-corrected chi connectivity index (χ3v) is 4.06. The van der Waals surface area contributed by atoms with Gasteiger partial charge in [0.2, 0.25) is 0 Å². The van der Waals surface area contributed by atoms with Crippen LogP contribution in [0.1, 0.15) is 27.2 Å². The zero-order valence-corrected chi connectivity index (χ0v) is 12.6. The van der Waals surface area contributed by atoms with Crippen molar-refractivity contribution in [2.45, 2.75) is 51.6 Å². The zero-order chi connectivity index (χ0) is 14.8. The average molecular weight is 288 g/mol. The second-order valence-corrected chi connectivity index (χ2v) is 5.89. The Hall–Kier alpha value is -0.690. The minimum Gasteiger partial charge on any atom is -0.457 e. The molecule has 0 aromatic heterocycles. The minimum absolute atomic E-state index is 0.164. The van der Waals surface area contributed by atoms with Gasteiger partial charge in [-0.05, 0) is 20.3 Å². The maximum atomic E-state index is 12.1. The van der Waals surface area contributed by atoms with E-state index in [0.29, 0.717) is 13.2 Å². The van der Waals surface area contributed by atoms with Crippen LogP contribution in [0.15, 0.2) is 0 Å². The standard InChI is InChI=1S/C14H24O6/c1-5-14(2,3)13(15)20-10-7-18-11-9(19-8-16-4)6-17-12(10)11/h9-12H,5-8H2,1-4H3. The van der Waals surface area contributed by atoms with Gasteiger partial charge in [-0.2, -0.15) is 0 Å². The Kier molecular flexibility index (Phi) is 5.01. The molecule has 2 rings (SSSR count). The molecule has 4 unspecified atom stereocenters. The lowest BCUT2D eigenvalue weighted by molar-refractivity contribution is -0.164. The van der Waals surface area contributed by atoms with Gasteiger partial charge >= 0.3 is 5.97 Å². The van der Waals surface area contributed by atoms with Crippen molar-refractivity contribution >= 4 is 5.97 Å². The SMILES string of the molecule is CCC(C)(C)C(=O)OC1COC2C(OCOC)COC12. The number of ether oxygens (including phenoxy) is 5. The van der Waals surface area contributed by atoms with Crippen LogP contribution < -0.4 is 0 Å². The predicted octanol–water partition coefficient (Wildman–Crippen LogP) is 1.12. The van der Waals surface area contributed by atoms with E-state index >= 15 is 0 Å². The van der Waals surface area contributed by atoms with Crippen LogP contribution in [-0.4, -0.2) is 57.5 Å². The molecule has 0 aliphatic carbocycles. The van der Waals surface area contributed by atoms with Crippen LogP contribution in [-0.2, 0) is 28.5 Å². The molecule has 0 N–H and O–H groups in total. The maximum Gasteiger partial charge on any atom is 0.311 e. The monoisotopic (exact) mass is 288 g/mol. The van der Waals surface area contributed by atoms with Gasteiger partial charge < -0.3 is 23.7 Å². The van der Waals surface area contributed by atoms with Crippen molar-refractivity contribution in [1.29, 1.82) is 0 Å². The van der Waals surface area contributed by atoms with E-state index in [1.807, 2.05) is 20.8 Å². The normalized spacial score (nSPS) is 33.2. The highest BCUT2D eigenvalue weighted by Crippen LogP contribution is 2.32. The highest BCUT2D eigenvalue weighted by Gasteiger charge is 2.50. The number of esters is 1. The summed E-state index contributed by atoms with van der Waals surface area (Å²) in [5.74, 6) is -0.209. The van der Waals surface area contributed by atoms with Crippen LogP contribution in [0.3, 0.4) is 0 Å². The molecule has 2 aliphatic rings. The first-order chi connectivity index (χ1) is 9.49. The van der Waals surface area contributed by atoms with Gasteiger partial charge in [0.1, 0.15) is 25.1 Å². The van der Waals surface area contributed by atoms with E-state index in [1.165, 1.54) is 0 Å². The summed E-state index contributed by atoms with van der Waals surface area (Å²) in [5, 5.41) is 0. The summed E-state index contributed by atoms with van der Waals surface area (Å²) in [6.45, 7) is 6.71. The van der Waals surface area contributed by atoms with E-state index < -0.39 is 5.41 Å². The second kappa shape index (κ2) is 6.39. The zero-order valence-electron chi connectivity index (χ0n) is 12.6. The quantitative estimate of drug-likeness (QED) is 0.539. The highest BCUT2D eigenvalue weighted by molar-refractivity contribution is 5.76. The fourth-order valence-corrected chi connectivity index (χ4v) is 2.27. The number of rotatable bonds is 6. The lowest BCUT2D eigenvalue weighted by Crippen LogP contribution is -2.38. The van der Waals surface area contributed by atoms with Crippen molar-refractivity contribution in [3.8, 4) is 0 Å². The van der Waals surface area contributed by atoms with E-state index in [0.717, 1.165) is 6.42 Å². The van der Waals surface area contributed by atoms with E-state index in [2.05, 4.69) is 0 Å². The van der Waals surface area contributed by atoms with Crippen molar-refractivity contribution in [2.75, 3.05) is 27.1 Å². The molecule has 0 radical (unpaired) electrons. The Morgan fingerprint density at radius 1 is 1.20 bits per heavy atom. The Morgan fingerprint density at radius 2 is 1.80 bits per heavy atom. The Bertz CT molecular complexity index is 343. The molecule has 0 bridgehead atoms. The van der Waals surface area contributed by atoms with Gasteiger partial charge in [-0.25, -0.2) is 0 Å². The van der Waals surface area contributed by atoms with Crippen LogP contribution in [0.25, 0.3) is 0 Å². The summed E-state index contributed by atoms with van der Waals surface area (Å²) in [5.41, 5.74) is -0.483. The molecule has 2 aliphatic heterocycles. The van der Waals surface area contributed by atoms with Crippen molar-refractivity contribution < 1.29 is 28.5 Å². The Morgan fingerprint density at radius 3 is 2.40 bits per heavy atom. The molecular weight excluding hydrogens is 264 g/mol. The van der Waals surface area contributed by atoms with Crippen LogP contribution in [0.2, 0.25) is 0 Å². The fraction of sp³-hybridized carbons (Fsp3) is 0.929. The fourth-order valence-electron chi connectivity index (χ4n) is 2.27. The summed E-state index contributed by atoms with van der Waals surface area (Å²) in [6, 6.07) is 0. The van der Waals surface area contributed by atoms with E-state index in [1.54, 1.807) is 7.11 Å². The molecule has 0 spiro atoms. The van der Waals surface area contributed by atoms with Gasteiger partial charge in [0.25, 0.3) is 0 Å². The third kappa shape index (κ3) is 3.14. The molecule has 20 heavy (non-hydrogen) atoms. The summed E-state index contributed by atoms with van der Waals surface area (Å²) in [7, 11) is 1.57. The van der Waals surface area contributed by atoms with Crippen LogP contribution in [0.5, 0.6) is 0 Å². The van der Waals surface area contributed by atoms with Gasteiger partial charge in [-0.1, -0.05) is 6.92 Å². The lowest BCUT2D eigenvalue weighted by atomic mass is 9.90. The average Bonchev–Trinajstić information content (AvgIpc) is 2.99. The first-order valence-electron chi connectivity index (χ1n) is 7.04. The molecule has 0 amide bonds. The summed E-state index contributed by atoms with van der Waals surface area (Å²) < 4.78 is 27.3. The smallest absolute Gasteiger partial charge is 0.311 e. The molecule has 116 valence electrons. The topological polar surface area (TPSA) is 63.2 Å². The lowest BCUT2D eigenvalue weighted by Gasteiger charge is -2.24. The van der Waals surface area contributed by atoms with E-state index in [-0.39, 0.29) is 37.2 Å². The molecule has 2 saturated heterocycles. The number of fused-ring (bicyclic) bond motifs is 1. The predicted molar refractivity (Wildman–Crippen MR) is 70.2 cm³/mol. The molecule has 0 aromatic carbocycles. The van der Waals surface area contributed by atoms with E-state index in [4.69, 9.17) is 23.7 Å². The van der Waals surface area contributed by atoms with Crippen molar-refractivity contribution in [3.63, 3.8) is 0 Å². The summed E-state index contributed by atoms with van der Waals surface area (Å²) in [4.78, 5) is 12.1. The molecular formula is C14H24O6. The Balaban J connectivity index is 1.89. The first kappa shape index (κ1) is 15.7. The molecule has 6 nitrogen and oxygen atoms in total. The van der Waals surface area contributed by atoms with Gasteiger partial charge in [-0.3, -0.25) is 4.79 Å². The number of carbonyl (C=O) groups excluding carboxylic acids is 1. The number of hydrogen-bond acceptors (Lipinski definition) is 6. The Labute approximate surface area is 119 Å². The third-order valence-electron chi connectivity index (χ3n) is 4.06. The molecule has 0 aromatic rings. The summed E-state index contributed by atoms with van der Waals surface area (Å²) in [6.07, 6.45) is -0.216. The number of hydrogen-bond donors (Lipinski definition) is 0. The minimum atomic E-state index is -0.483. The van der Waals surface area contributed by atoms with Gasteiger partial charge in [0.05, 0.1) is 18.6 Å². The molecule has 0 saturated carbocycles. The van der Waals surface area contributed by atoms with Gasteiger partial charge in [0, 0.05) is 7.11 Å². The van der Waals surface area contributed by atoms with Crippen LogP contribution in [0.4, 0.5) is 0 Å².